The van der Waals surface area contributed by atoms with Crippen molar-refractivity contribution < 1.29 is 28.5 Å². The van der Waals surface area contributed by atoms with Crippen LogP contribution in [0.15, 0.2) is 48.5 Å². The predicted molar refractivity (Wildman–Crippen MR) is 90.7 cm³/mol. The lowest BCUT2D eigenvalue weighted by atomic mass is 10.1. The second-order valence-electron chi connectivity index (χ2n) is 5.25. The van der Waals surface area contributed by atoms with Crippen molar-refractivity contribution in [2.45, 2.75) is 19.4 Å². The Morgan fingerprint density at radius 2 is 1.72 bits per heavy atom. The summed E-state index contributed by atoms with van der Waals surface area (Å²) >= 11 is 0. The first-order valence-electron chi connectivity index (χ1n) is 7.70. The van der Waals surface area contributed by atoms with Crippen molar-refractivity contribution in [3.05, 3.63) is 59.7 Å². The van der Waals surface area contributed by atoms with Gasteiger partial charge in [0, 0.05) is 11.6 Å². The van der Waals surface area contributed by atoms with Gasteiger partial charge in [-0.3, -0.25) is 4.79 Å². The first-order chi connectivity index (χ1) is 12.0. The fourth-order valence-electron chi connectivity index (χ4n) is 2.28. The lowest BCUT2D eigenvalue weighted by Crippen LogP contribution is -2.17. The zero-order chi connectivity index (χ0) is 18.2. The van der Waals surface area contributed by atoms with Crippen LogP contribution >= 0.6 is 0 Å². The Balaban J connectivity index is 1.94. The van der Waals surface area contributed by atoms with E-state index in [-0.39, 0.29) is 6.42 Å². The van der Waals surface area contributed by atoms with E-state index < -0.39 is 18.2 Å². The van der Waals surface area contributed by atoms with Crippen LogP contribution in [0.4, 0.5) is 4.79 Å². The summed E-state index contributed by atoms with van der Waals surface area (Å²) in [5.41, 5.74) is 1.39. The molecule has 0 aliphatic rings. The van der Waals surface area contributed by atoms with Crippen LogP contribution in [0.2, 0.25) is 0 Å². The standard InChI is InChI=1S/C19H20O6/c1-13(16-10-9-15(22-2)12-17(16)23-3)24-19(21)25-18(20)11-14-7-5-4-6-8-14/h4-10,12-13H,11H2,1-3H3. The number of rotatable bonds is 6. The summed E-state index contributed by atoms with van der Waals surface area (Å²) in [6.45, 7) is 1.66. The zero-order valence-corrected chi connectivity index (χ0v) is 14.4. The van der Waals surface area contributed by atoms with Crippen molar-refractivity contribution in [2.75, 3.05) is 14.2 Å². The second kappa shape index (κ2) is 8.73. The van der Waals surface area contributed by atoms with Gasteiger partial charge in [0.25, 0.3) is 0 Å². The van der Waals surface area contributed by atoms with E-state index in [0.717, 1.165) is 5.56 Å². The Kier molecular flexibility index (Phi) is 6.39. The predicted octanol–water partition coefficient (Wildman–Crippen LogP) is 3.69. The number of carbonyl (C=O) groups excluding carboxylic acids is 2. The first-order valence-corrected chi connectivity index (χ1v) is 7.70. The van der Waals surface area contributed by atoms with Crippen LogP contribution in [-0.2, 0) is 20.7 Å². The van der Waals surface area contributed by atoms with Gasteiger partial charge in [0.1, 0.15) is 17.6 Å². The average Bonchev–Trinajstić information content (AvgIpc) is 2.61. The van der Waals surface area contributed by atoms with Gasteiger partial charge in [-0.25, -0.2) is 4.79 Å². The van der Waals surface area contributed by atoms with Crippen molar-refractivity contribution in [2.24, 2.45) is 0 Å². The molecule has 0 saturated heterocycles. The lowest BCUT2D eigenvalue weighted by Gasteiger charge is -2.16. The maximum absolute atomic E-state index is 11.8. The summed E-state index contributed by atoms with van der Waals surface area (Å²) in [5, 5.41) is 0. The van der Waals surface area contributed by atoms with Crippen molar-refractivity contribution in [1.82, 2.24) is 0 Å². The topological polar surface area (TPSA) is 71.1 Å². The highest BCUT2D eigenvalue weighted by atomic mass is 16.7. The Bertz CT molecular complexity index is 726. The lowest BCUT2D eigenvalue weighted by molar-refractivity contribution is -0.139. The summed E-state index contributed by atoms with van der Waals surface area (Å²) in [5.74, 6) is 0.453. The van der Waals surface area contributed by atoms with Gasteiger partial charge in [0.05, 0.1) is 20.6 Å². The fourth-order valence-corrected chi connectivity index (χ4v) is 2.28. The second-order valence-corrected chi connectivity index (χ2v) is 5.25. The molecule has 0 aliphatic carbocycles. The monoisotopic (exact) mass is 344 g/mol. The number of carbonyl (C=O) groups is 2. The molecule has 0 aromatic heterocycles. The van der Waals surface area contributed by atoms with E-state index in [1.165, 1.54) is 7.11 Å². The molecule has 0 spiro atoms. The van der Waals surface area contributed by atoms with Crippen LogP contribution in [0.5, 0.6) is 11.5 Å². The molecule has 0 radical (unpaired) electrons. The van der Waals surface area contributed by atoms with Crippen molar-refractivity contribution in [1.29, 1.82) is 0 Å². The van der Waals surface area contributed by atoms with Gasteiger partial charge >= 0.3 is 12.1 Å². The van der Waals surface area contributed by atoms with E-state index in [0.29, 0.717) is 17.1 Å². The van der Waals surface area contributed by atoms with E-state index in [4.69, 9.17) is 18.9 Å². The molecule has 1 atom stereocenters. The van der Waals surface area contributed by atoms with Crippen molar-refractivity contribution in [3.63, 3.8) is 0 Å². The van der Waals surface area contributed by atoms with Gasteiger partial charge in [0.15, 0.2) is 0 Å². The molecular formula is C19H20O6. The first kappa shape index (κ1) is 18.3. The molecule has 0 saturated carbocycles. The Hall–Kier alpha value is -3.02. The van der Waals surface area contributed by atoms with E-state index in [2.05, 4.69) is 0 Å². The molecular weight excluding hydrogens is 324 g/mol. The molecule has 2 aromatic carbocycles. The normalized spacial score (nSPS) is 11.3. The third-order valence-corrected chi connectivity index (χ3v) is 3.54. The van der Waals surface area contributed by atoms with Crippen LogP contribution in [-0.4, -0.2) is 26.3 Å². The summed E-state index contributed by atoms with van der Waals surface area (Å²) in [6, 6.07) is 14.1. The van der Waals surface area contributed by atoms with Crippen molar-refractivity contribution >= 4 is 12.1 Å². The highest BCUT2D eigenvalue weighted by molar-refractivity contribution is 5.83. The minimum atomic E-state index is -1.05. The zero-order valence-electron chi connectivity index (χ0n) is 14.4. The van der Waals surface area contributed by atoms with Gasteiger partial charge in [-0.05, 0) is 24.6 Å². The van der Waals surface area contributed by atoms with Gasteiger partial charge in [-0.1, -0.05) is 30.3 Å². The van der Waals surface area contributed by atoms with Gasteiger partial charge < -0.3 is 18.9 Å². The van der Waals surface area contributed by atoms with Gasteiger partial charge in [0.2, 0.25) is 0 Å². The molecule has 2 rings (SSSR count). The highest BCUT2D eigenvalue weighted by Gasteiger charge is 2.20. The Morgan fingerprint density at radius 1 is 1.00 bits per heavy atom. The molecule has 6 nitrogen and oxygen atoms in total. The minimum Gasteiger partial charge on any atom is -0.497 e. The SMILES string of the molecule is COc1ccc(C(C)OC(=O)OC(=O)Cc2ccccc2)c(OC)c1. The van der Waals surface area contributed by atoms with Gasteiger partial charge in [-0.15, -0.1) is 0 Å². The summed E-state index contributed by atoms with van der Waals surface area (Å²) in [4.78, 5) is 23.6. The van der Waals surface area contributed by atoms with E-state index >= 15 is 0 Å². The number of methoxy groups -OCH3 is 2. The number of benzene rings is 2. The fraction of sp³-hybridized carbons (Fsp3) is 0.263. The maximum atomic E-state index is 11.8. The van der Waals surface area contributed by atoms with E-state index in [1.807, 2.05) is 6.07 Å². The molecule has 132 valence electrons. The third-order valence-electron chi connectivity index (χ3n) is 3.54. The molecule has 0 aliphatic heterocycles. The number of hydrogen-bond donors (Lipinski definition) is 0. The average molecular weight is 344 g/mol. The van der Waals surface area contributed by atoms with E-state index in [9.17, 15) is 9.59 Å². The van der Waals surface area contributed by atoms with Gasteiger partial charge in [-0.2, -0.15) is 0 Å². The minimum absolute atomic E-state index is 0.00379. The summed E-state index contributed by atoms with van der Waals surface area (Å²) < 4.78 is 20.3. The third kappa shape index (κ3) is 5.24. The molecule has 1 unspecified atom stereocenters. The summed E-state index contributed by atoms with van der Waals surface area (Å²) in [7, 11) is 3.05. The van der Waals surface area contributed by atoms with Crippen LogP contribution in [0.25, 0.3) is 0 Å². The molecule has 0 heterocycles. The molecule has 0 N–H and O–H groups in total. The summed E-state index contributed by atoms with van der Waals surface area (Å²) in [6.07, 6.45) is -1.71. The van der Waals surface area contributed by atoms with Crippen molar-refractivity contribution in [3.8, 4) is 11.5 Å². The molecule has 0 amide bonds. The van der Waals surface area contributed by atoms with E-state index in [1.54, 1.807) is 56.5 Å². The molecule has 6 heteroatoms. The van der Waals surface area contributed by atoms with Crippen LogP contribution < -0.4 is 9.47 Å². The number of ether oxygens (including phenoxy) is 4. The largest absolute Gasteiger partial charge is 0.516 e. The molecule has 0 fully saturated rings. The van der Waals surface area contributed by atoms with Crippen LogP contribution in [0.3, 0.4) is 0 Å². The molecule has 25 heavy (non-hydrogen) atoms. The quantitative estimate of drug-likeness (QED) is 0.588. The number of hydrogen-bond acceptors (Lipinski definition) is 6. The smallest absolute Gasteiger partial charge is 0.497 e. The Labute approximate surface area is 146 Å². The molecule has 2 aromatic rings. The van der Waals surface area contributed by atoms with Crippen LogP contribution in [0, 0.1) is 0 Å². The molecule has 0 bridgehead atoms. The highest BCUT2D eigenvalue weighted by Crippen LogP contribution is 2.31. The Morgan fingerprint density at radius 3 is 2.36 bits per heavy atom. The maximum Gasteiger partial charge on any atom is 0.516 e. The van der Waals surface area contributed by atoms with Crippen LogP contribution in [0.1, 0.15) is 24.2 Å². The number of esters is 1.